The molecule has 0 saturated carbocycles. The Balaban J connectivity index is 3.36. The maximum Gasteiger partial charge on any atom is 0.213 e. The molecule has 1 unspecified atom stereocenters. The summed E-state index contributed by atoms with van der Waals surface area (Å²) in [6.45, 7) is 1.74. The lowest BCUT2D eigenvalue weighted by Gasteiger charge is -1.59. The second kappa shape index (κ2) is 2.42. The summed E-state index contributed by atoms with van der Waals surface area (Å²) >= 11 is 0. The van der Waals surface area contributed by atoms with Crippen molar-refractivity contribution in [2.45, 2.75) is 0 Å². The third-order valence-corrected chi connectivity index (χ3v) is 1.16. The van der Waals surface area contributed by atoms with Gasteiger partial charge in [0.1, 0.15) is 0 Å². The third kappa shape index (κ3) is 4.18. The number of hydrogen-bond donors (Lipinski definition) is 0. The summed E-state index contributed by atoms with van der Waals surface area (Å²) in [6, 6.07) is 0. The Morgan fingerprint density at radius 1 is 2.00 bits per heavy atom. The van der Waals surface area contributed by atoms with Gasteiger partial charge in [0.2, 0.25) is 8.15 Å². The summed E-state index contributed by atoms with van der Waals surface area (Å²) < 4.78 is 9.51. The van der Waals surface area contributed by atoms with Gasteiger partial charge in [-0.2, -0.15) is 0 Å². The Kier molecular flexibility index (Phi) is 2.51. The summed E-state index contributed by atoms with van der Waals surface area (Å²) in [6.07, 6.45) is 5.03. The van der Waals surface area contributed by atoms with Crippen molar-refractivity contribution in [1.82, 2.24) is 0 Å². The fourth-order valence-electron chi connectivity index (χ4n) is 0. The van der Waals surface area contributed by atoms with Crippen molar-refractivity contribution in [2.24, 2.45) is 0 Å². The van der Waals surface area contributed by atoms with Gasteiger partial charge in [0.05, 0.1) is 0 Å². The second-order valence-corrected chi connectivity index (χ2v) is 4.35. The van der Waals surface area contributed by atoms with E-state index in [-0.39, 0.29) is 8.15 Å². The molecule has 0 aromatic carbocycles. The summed E-state index contributed by atoms with van der Waals surface area (Å²) in [4.78, 5) is 0. The lowest BCUT2D eigenvalue weighted by molar-refractivity contribution is 0.605. The second-order valence-electron chi connectivity index (χ2n) is 0.655. The molecule has 0 bridgehead atoms. The first-order valence-corrected chi connectivity index (χ1v) is 4.46. The van der Waals surface area contributed by atoms with Crippen LogP contribution in [-0.2, 0) is 4.57 Å². The first kappa shape index (κ1) is 5.18. The molecule has 0 amide bonds. The third-order valence-electron chi connectivity index (χ3n) is 0.129. The zero-order valence-electron chi connectivity index (χ0n) is 2.88. The zero-order chi connectivity index (χ0) is 4.28. The minimum atomic E-state index is -0.682. The first-order chi connectivity index (χ1) is 2.27. The van der Waals surface area contributed by atoms with Crippen LogP contribution >= 0.6 is 15.2 Å². The SMILES string of the molecule is C#P(C)P=O. The van der Waals surface area contributed by atoms with Gasteiger partial charge in [0.25, 0.3) is 0 Å². The molecular weight excluding hydrogens is 102 g/mol. The monoisotopic (exact) mass is 106 g/mol. The smallest absolute Gasteiger partial charge is 0.213 e. The molecule has 3 heteroatoms. The predicted octanol–water partition coefficient (Wildman–Crippen LogP) is 1.89. The van der Waals surface area contributed by atoms with Crippen LogP contribution in [0.3, 0.4) is 0 Å². The fourth-order valence-corrected chi connectivity index (χ4v) is 0. The van der Waals surface area contributed by atoms with Crippen LogP contribution < -0.4 is 0 Å². The molecule has 0 rings (SSSR count). The molecule has 0 saturated heterocycles. The van der Waals surface area contributed by atoms with E-state index in [0.717, 1.165) is 0 Å². The molecule has 0 aromatic heterocycles. The lowest BCUT2D eigenvalue weighted by atomic mass is 11.9. The summed E-state index contributed by atoms with van der Waals surface area (Å²) in [5.74, 6) is 0. The fraction of sp³-hybridized carbons (Fsp3) is 0.500. The Labute approximate surface area is 33.5 Å². The highest BCUT2D eigenvalue weighted by Gasteiger charge is 1.64. The lowest BCUT2D eigenvalue weighted by Crippen LogP contribution is -1.15. The zero-order valence-corrected chi connectivity index (χ0v) is 4.67. The summed E-state index contributed by atoms with van der Waals surface area (Å²) in [5, 5.41) is 0. The van der Waals surface area contributed by atoms with Crippen LogP contribution in [0.5, 0.6) is 0 Å². The van der Waals surface area contributed by atoms with E-state index in [0.29, 0.717) is 0 Å². The standard InChI is InChI=1S/C2H4OP2/c1-5(2)4-3/h1H,2H3. The van der Waals surface area contributed by atoms with Crippen molar-refractivity contribution in [3.05, 3.63) is 0 Å². The van der Waals surface area contributed by atoms with Gasteiger partial charge in [-0.25, -0.2) is 0 Å². The normalized spacial score (nSPS) is 11.6. The van der Waals surface area contributed by atoms with Gasteiger partial charge in [-0.05, 0) is 13.7 Å². The van der Waals surface area contributed by atoms with Crippen LogP contribution in [0.15, 0.2) is 0 Å². The van der Waals surface area contributed by atoms with Crippen molar-refractivity contribution in [2.75, 3.05) is 6.66 Å². The summed E-state index contributed by atoms with van der Waals surface area (Å²) in [7, 11) is -0.592. The number of hydrogen-bond acceptors (Lipinski definition) is 1. The molecule has 28 valence electrons. The minimum absolute atomic E-state index is 0.0895. The van der Waals surface area contributed by atoms with E-state index in [4.69, 9.17) is 6.13 Å². The molecule has 0 aliphatic rings. The highest BCUT2D eigenvalue weighted by molar-refractivity contribution is 8.09. The molecular formula is C2H4OP2. The molecule has 1 nitrogen and oxygen atoms in total. The van der Waals surface area contributed by atoms with E-state index in [1.807, 2.05) is 0 Å². The Morgan fingerprint density at radius 3 is 2.20 bits per heavy atom. The molecule has 0 aromatic rings. The van der Waals surface area contributed by atoms with Gasteiger partial charge < -0.3 is 0 Å². The van der Waals surface area contributed by atoms with Crippen LogP contribution in [0.1, 0.15) is 0 Å². The van der Waals surface area contributed by atoms with Crippen molar-refractivity contribution in [1.29, 1.82) is 0 Å². The van der Waals surface area contributed by atoms with E-state index in [1.54, 1.807) is 6.66 Å². The van der Waals surface area contributed by atoms with E-state index >= 15 is 0 Å². The number of rotatable bonds is 0. The molecule has 0 radical (unpaired) electrons. The molecule has 0 spiro atoms. The van der Waals surface area contributed by atoms with Gasteiger partial charge in [-0.1, -0.05) is 0 Å². The van der Waals surface area contributed by atoms with Crippen LogP contribution in [0, 0.1) is 6.13 Å². The summed E-state index contributed by atoms with van der Waals surface area (Å²) in [5.41, 5.74) is 0. The van der Waals surface area contributed by atoms with E-state index in [9.17, 15) is 4.57 Å². The van der Waals surface area contributed by atoms with Crippen molar-refractivity contribution < 1.29 is 4.57 Å². The highest BCUT2D eigenvalue weighted by Crippen LogP contribution is 2.26. The van der Waals surface area contributed by atoms with Crippen LogP contribution in [0.2, 0.25) is 0 Å². The topological polar surface area (TPSA) is 17.1 Å². The van der Waals surface area contributed by atoms with Crippen LogP contribution in [0.25, 0.3) is 0 Å². The van der Waals surface area contributed by atoms with Gasteiger partial charge in [-0.15, -0.1) is 6.13 Å². The van der Waals surface area contributed by atoms with Crippen LogP contribution in [-0.4, -0.2) is 6.66 Å². The highest BCUT2D eigenvalue weighted by atomic mass is 32.0. The maximum absolute atomic E-state index is 9.51. The van der Waals surface area contributed by atoms with E-state index < -0.39 is 7.07 Å². The Bertz CT molecular complexity index is 87.6. The van der Waals surface area contributed by atoms with Crippen molar-refractivity contribution in [3.63, 3.8) is 0 Å². The van der Waals surface area contributed by atoms with Gasteiger partial charge in [0, 0.05) is 0 Å². The largest absolute Gasteiger partial charge is 0.265 e. The molecule has 0 heterocycles. The van der Waals surface area contributed by atoms with Gasteiger partial charge >= 0.3 is 0 Å². The van der Waals surface area contributed by atoms with Crippen molar-refractivity contribution in [3.8, 4) is 6.13 Å². The first-order valence-electron chi connectivity index (χ1n) is 1.09. The molecule has 5 heavy (non-hydrogen) atoms. The molecule has 1 atom stereocenters. The van der Waals surface area contributed by atoms with Gasteiger partial charge in [0.15, 0.2) is 0 Å². The minimum Gasteiger partial charge on any atom is -0.265 e. The Morgan fingerprint density at radius 2 is 2.20 bits per heavy atom. The van der Waals surface area contributed by atoms with Crippen LogP contribution in [0.4, 0.5) is 0 Å². The molecule has 0 fully saturated rings. The predicted molar refractivity (Wildman–Crippen MR) is 25.4 cm³/mol. The molecule has 0 aliphatic carbocycles. The molecule has 0 N–H and O–H groups in total. The Hall–Kier alpha value is 0.180. The average molecular weight is 106 g/mol. The van der Waals surface area contributed by atoms with E-state index in [1.165, 1.54) is 0 Å². The molecule has 0 aliphatic heterocycles. The maximum atomic E-state index is 9.51. The average Bonchev–Trinajstić information content (AvgIpc) is 1.38. The van der Waals surface area contributed by atoms with Crippen molar-refractivity contribution >= 4 is 15.2 Å². The van der Waals surface area contributed by atoms with Gasteiger partial charge in [-0.3, -0.25) is 4.57 Å². The van der Waals surface area contributed by atoms with E-state index in [2.05, 4.69) is 0 Å². The quantitative estimate of drug-likeness (QED) is 0.431.